The van der Waals surface area contributed by atoms with E-state index in [4.69, 9.17) is 0 Å². The van der Waals surface area contributed by atoms with E-state index in [9.17, 15) is 10.1 Å². The predicted molar refractivity (Wildman–Crippen MR) is 86.9 cm³/mol. The third kappa shape index (κ3) is 3.84. The molecule has 1 heterocycles. The fourth-order valence-corrected chi connectivity index (χ4v) is 3.23. The number of piperidine rings is 1. The van der Waals surface area contributed by atoms with E-state index >= 15 is 0 Å². The van der Waals surface area contributed by atoms with Crippen LogP contribution in [0.3, 0.4) is 0 Å². The van der Waals surface area contributed by atoms with Crippen LogP contribution < -0.4 is 5.32 Å². The lowest BCUT2D eigenvalue weighted by Crippen LogP contribution is -2.42. The second-order valence-electron chi connectivity index (χ2n) is 6.72. The van der Waals surface area contributed by atoms with E-state index in [1.807, 2.05) is 13.0 Å². The molecule has 0 radical (unpaired) electrons. The maximum absolute atomic E-state index is 11.0. The van der Waals surface area contributed by atoms with Gasteiger partial charge in [0.1, 0.15) is 0 Å². The summed E-state index contributed by atoms with van der Waals surface area (Å²) < 4.78 is 0. The van der Waals surface area contributed by atoms with Crippen LogP contribution in [0.4, 0.5) is 5.69 Å². The van der Waals surface area contributed by atoms with Crippen molar-refractivity contribution in [3.63, 3.8) is 0 Å². The van der Waals surface area contributed by atoms with Crippen LogP contribution in [0.15, 0.2) is 18.2 Å². The Kier molecular flexibility index (Phi) is 4.74. The van der Waals surface area contributed by atoms with Crippen molar-refractivity contribution < 1.29 is 4.92 Å². The first kappa shape index (κ1) is 15.4. The summed E-state index contributed by atoms with van der Waals surface area (Å²) in [6.45, 7) is 6.02. The molecule has 5 nitrogen and oxygen atoms in total. The van der Waals surface area contributed by atoms with Gasteiger partial charge in [-0.05, 0) is 63.7 Å². The zero-order chi connectivity index (χ0) is 15.5. The molecular formula is C17H25N3O2. The van der Waals surface area contributed by atoms with Crippen LogP contribution >= 0.6 is 0 Å². The van der Waals surface area contributed by atoms with E-state index in [2.05, 4.69) is 10.2 Å². The fraction of sp³-hybridized carbons (Fsp3) is 0.647. The molecule has 120 valence electrons. The topological polar surface area (TPSA) is 58.4 Å². The van der Waals surface area contributed by atoms with E-state index in [-0.39, 0.29) is 10.6 Å². The molecule has 1 aromatic rings. The van der Waals surface area contributed by atoms with Crippen LogP contribution in [0.2, 0.25) is 0 Å². The maximum atomic E-state index is 11.0. The molecule has 0 amide bonds. The van der Waals surface area contributed by atoms with Gasteiger partial charge in [0.2, 0.25) is 0 Å². The summed E-state index contributed by atoms with van der Waals surface area (Å²) in [5, 5.41) is 14.7. The van der Waals surface area contributed by atoms with Gasteiger partial charge >= 0.3 is 0 Å². The average molecular weight is 303 g/mol. The summed E-state index contributed by atoms with van der Waals surface area (Å²) in [7, 11) is 0. The summed E-state index contributed by atoms with van der Waals surface area (Å²) in [6.07, 6.45) is 5.16. The molecule has 1 aliphatic heterocycles. The molecule has 5 heteroatoms. The van der Waals surface area contributed by atoms with E-state index in [0.717, 1.165) is 36.7 Å². The molecule has 1 saturated carbocycles. The van der Waals surface area contributed by atoms with E-state index in [0.29, 0.717) is 6.04 Å². The average Bonchev–Trinajstić information content (AvgIpc) is 3.32. The van der Waals surface area contributed by atoms with Gasteiger partial charge in [0.25, 0.3) is 5.69 Å². The molecule has 0 aromatic heterocycles. The van der Waals surface area contributed by atoms with Crippen LogP contribution in [0, 0.1) is 23.0 Å². The van der Waals surface area contributed by atoms with Crippen molar-refractivity contribution in [3.05, 3.63) is 39.4 Å². The highest BCUT2D eigenvalue weighted by Gasteiger charge is 2.25. The standard InChI is InChI=1S/C17H25N3O2/c1-13-15(3-2-4-17(13)20(21)22)12-19-9-7-16(8-10-19)18-11-14-5-6-14/h2-4,14,16,18H,5-12H2,1H3. The van der Waals surface area contributed by atoms with Crippen LogP contribution in [-0.4, -0.2) is 35.5 Å². The number of likely N-dealkylation sites (tertiary alicyclic amines) is 1. The first-order valence-electron chi connectivity index (χ1n) is 8.32. The van der Waals surface area contributed by atoms with Gasteiger partial charge < -0.3 is 5.32 Å². The second kappa shape index (κ2) is 6.75. The lowest BCUT2D eigenvalue weighted by Gasteiger charge is -2.32. The van der Waals surface area contributed by atoms with Gasteiger partial charge in [0, 0.05) is 24.2 Å². The zero-order valence-corrected chi connectivity index (χ0v) is 13.3. The van der Waals surface area contributed by atoms with Crippen molar-refractivity contribution in [2.45, 2.75) is 45.2 Å². The first-order valence-corrected chi connectivity index (χ1v) is 8.32. The van der Waals surface area contributed by atoms with Gasteiger partial charge in [0.05, 0.1) is 4.92 Å². The number of nitro benzene ring substituents is 1. The highest BCUT2D eigenvalue weighted by molar-refractivity contribution is 5.44. The quantitative estimate of drug-likeness (QED) is 0.648. The summed E-state index contributed by atoms with van der Waals surface area (Å²) in [5.41, 5.74) is 2.12. The Bertz CT molecular complexity index is 535. The molecule has 1 saturated heterocycles. The lowest BCUT2D eigenvalue weighted by molar-refractivity contribution is -0.385. The second-order valence-corrected chi connectivity index (χ2v) is 6.72. The normalized spacial score (nSPS) is 20.2. The SMILES string of the molecule is Cc1c(CN2CCC(NCC3CC3)CC2)cccc1[N+](=O)[O-]. The summed E-state index contributed by atoms with van der Waals surface area (Å²) in [5.74, 6) is 0.936. The van der Waals surface area contributed by atoms with Crippen LogP contribution in [0.25, 0.3) is 0 Å². The Morgan fingerprint density at radius 2 is 2.00 bits per heavy atom. The Balaban J connectivity index is 1.51. The Labute approximate surface area is 131 Å². The number of hydrogen-bond donors (Lipinski definition) is 1. The molecule has 1 aliphatic carbocycles. The van der Waals surface area contributed by atoms with Gasteiger partial charge in [-0.3, -0.25) is 15.0 Å². The highest BCUT2D eigenvalue weighted by atomic mass is 16.6. The van der Waals surface area contributed by atoms with Gasteiger partial charge in [-0.2, -0.15) is 0 Å². The van der Waals surface area contributed by atoms with E-state index < -0.39 is 0 Å². The molecule has 0 bridgehead atoms. The molecule has 0 spiro atoms. The Morgan fingerprint density at radius 3 is 2.64 bits per heavy atom. The minimum absolute atomic E-state index is 0.235. The molecule has 2 fully saturated rings. The lowest BCUT2D eigenvalue weighted by atomic mass is 10.0. The summed E-state index contributed by atoms with van der Waals surface area (Å²) in [4.78, 5) is 13.2. The van der Waals surface area contributed by atoms with Gasteiger partial charge in [-0.25, -0.2) is 0 Å². The minimum Gasteiger partial charge on any atom is -0.314 e. The Hall–Kier alpha value is -1.46. The third-order valence-corrected chi connectivity index (χ3v) is 4.99. The van der Waals surface area contributed by atoms with E-state index in [1.54, 1.807) is 12.1 Å². The summed E-state index contributed by atoms with van der Waals surface area (Å²) >= 11 is 0. The molecule has 1 N–H and O–H groups in total. The van der Waals surface area contributed by atoms with Crippen molar-refractivity contribution in [1.29, 1.82) is 0 Å². The molecule has 3 rings (SSSR count). The van der Waals surface area contributed by atoms with Gasteiger partial charge in [-0.1, -0.05) is 12.1 Å². The molecule has 0 unspecified atom stereocenters. The highest BCUT2D eigenvalue weighted by Crippen LogP contribution is 2.28. The minimum atomic E-state index is -0.285. The summed E-state index contributed by atoms with van der Waals surface area (Å²) in [6, 6.07) is 6.06. The van der Waals surface area contributed by atoms with Crippen LogP contribution in [0.1, 0.15) is 36.8 Å². The molecule has 1 aromatic carbocycles. The van der Waals surface area contributed by atoms with Gasteiger partial charge in [0.15, 0.2) is 0 Å². The zero-order valence-electron chi connectivity index (χ0n) is 13.3. The number of benzene rings is 1. The predicted octanol–water partition coefficient (Wildman–Crippen LogP) is 2.87. The monoisotopic (exact) mass is 303 g/mol. The third-order valence-electron chi connectivity index (χ3n) is 4.99. The molecular weight excluding hydrogens is 278 g/mol. The van der Waals surface area contributed by atoms with E-state index in [1.165, 1.54) is 32.2 Å². The number of nitrogens with zero attached hydrogens (tertiary/aromatic N) is 2. The smallest absolute Gasteiger partial charge is 0.272 e. The largest absolute Gasteiger partial charge is 0.314 e. The van der Waals surface area contributed by atoms with Crippen molar-refractivity contribution in [1.82, 2.24) is 10.2 Å². The van der Waals surface area contributed by atoms with Crippen LogP contribution in [0.5, 0.6) is 0 Å². The number of hydrogen-bond acceptors (Lipinski definition) is 4. The molecule has 2 aliphatic rings. The fourth-order valence-electron chi connectivity index (χ4n) is 3.23. The van der Waals surface area contributed by atoms with Crippen molar-refractivity contribution in [2.24, 2.45) is 5.92 Å². The van der Waals surface area contributed by atoms with Crippen LogP contribution in [-0.2, 0) is 6.54 Å². The first-order chi connectivity index (χ1) is 10.6. The number of nitrogens with one attached hydrogen (secondary N) is 1. The van der Waals surface area contributed by atoms with Crippen molar-refractivity contribution in [2.75, 3.05) is 19.6 Å². The maximum Gasteiger partial charge on any atom is 0.272 e. The van der Waals surface area contributed by atoms with Gasteiger partial charge in [-0.15, -0.1) is 0 Å². The molecule has 0 atom stereocenters. The van der Waals surface area contributed by atoms with Crippen molar-refractivity contribution >= 4 is 5.69 Å². The number of rotatable bonds is 6. The van der Waals surface area contributed by atoms with Crippen molar-refractivity contribution in [3.8, 4) is 0 Å². The molecule has 22 heavy (non-hydrogen) atoms. The number of nitro groups is 1. The Morgan fingerprint density at radius 1 is 1.27 bits per heavy atom.